The van der Waals surface area contributed by atoms with Crippen molar-refractivity contribution in [3.05, 3.63) is 35.4 Å². The first-order chi connectivity index (χ1) is 12.1. The molecule has 1 aliphatic rings. The lowest BCUT2D eigenvalue weighted by atomic mass is 10.1. The van der Waals surface area contributed by atoms with Crippen LogP contribution in [0.4, 0.5) is 0 Å². The van der Waals surface area contributed by atoms with E-state index in [0.717, 1.165) is 4.90 Å². The molecule has 0 aliphatic carbocycles. The second-order valence-corrected chi connectivity index (χ2v) is 7.44. The van der Waals surface area contributed by atoms with Crippen LogP contribution in [0.25, 0.3) is 0 Å². The van der Waals surface area contributed by atoms with Gasteiger partial charge in [-0.1, -0.05) is 12.1 Å². The monoisotopic (exact) mass is 384 g/mol. The average molecular weight is 384 g/mol. The molecule has 1 atom stereocenters. The van der Waals surface area contributed by atoms with E-state index in [4.69, 9.17) is 10.2 Å². The van der Waals surface area contributed by atoms with Crippen LogP contribution >= 0.6 is 0 Å². The predicted octanol–water partition coefficient (Wildman–Crippen LogP) is -0.480. The van der Waals surface area contributed by atoms with Crippen LogP contribution in [0.1, 0.15) is 33.6 Å². The third kappa shape index (κ3) is 4.43. The molecule has 0 saturated heterocycles. The number of carboxylic acids is 2. The van der Waals surface area contributed by atoms with Crippen molar-refractivity contribution >= 4 is 33.8 Å². The molecular formula is C15H16N2O8S. The summed E-state index contributed by atoms with van der Waals surface area (Å²) in [5.74, 6) is -4.73. The van der Waals surface area contributed by atoms with Crippen LogP contribution in [0.5, 0.6) is 0 Å². The molecule has 1 aliphatic heterocycles. The molecule has 1 aromatic rings. The fraction of sp³-hybridized carbons (Fsp3) is 0.333. The quantitative estimate of drug-likeness (QED) is 0.482. The lowest BCUT2D eigenvalue weighted by Gasteiger charge is -2.17. The maximum absolute atomic E-state index is 12.2. The van der Waals surface area contributed by atoms with Crippen molar-refractivity contribution in [1.29, 1.82) is 0 Å². The molecule has 2 rings (SSSR count). The third-order valence-electron chi connectivity index (χ3n) is 3.73. The number of amides is 2. The van der Waals surface area contributed by atoms with Crippen LogP contribution < -0.4 is 4.72 Å². The summed E-state index contributed by atoms with van der Waals surface area (Å²) in [4.78, 5) is 46.7. The number of hydrogen-bond acceptors (Lipinski definition) is 6. The minimum atomic E-state index is -4.17. The Morgan fingerprint density at radius 3 is 2.08 bits per heavy atom. The van der Waals surface area contributed by atoms with Gasteiger partial charge < -0.3 is 10.2 Å². The Morgan fingerprint density at radius 1 is 1.08 bits per heavy atom. The molecule has 1 aromatic carbocycles. The maximum atomic E-state index is 12.2. The molecule has 0 spiro atoms. The van der Waals surface area contributed by atoms with Crippen molar-refractivity contribution in [3.63, 3.8) is 0 Å². The lowest BCUT2D eigenvalue weighted by molar-refractivity contribution is -0.140. The summed E-state index contributed by atoms with van der Waals surface area (Å²) in [5, 5.41) is 17.6. The molecule has 11 heteroatoms. The highest BCUT2D eigenvalue weighted by Crippen LogP contribution is 2.22. The molecule has 26 heavy (non-hydrogen) atoms. The first-order valence-electron chi connectivity index (χ1n) is 7.52. The van der Waals surface area contributed by atoms with Gasteiger partial charge in [-0.15, -0.1) is 0 Å². The Morgan fingerprint density at radius 2 is 1.62 bits per heavy atom. The topological polar surface area (TPSA) is 158 Å². The second kappa shape index (κ2) is 7.62. The van der Waals surface area contributed by atoms with Crippen molar-refractivity contribution in [2.45, 2.75) is 18.9 Å². The molecule has 0 fully saturated rings. The maximum Gasteiger partial charge on any atom is 0.321 e. The number of nitrogens with one attached hydrogen (secondary N) is 1. The number of imide groups is 1. The number of carbonyl (C=O) groups is 4. The van der Waals surface area contributed by atoms with E-state index in [2.05, 4.69) is 0 Å². The van der Waals surface area contributed by atoms with Crippen LogP contribution in [-0.4, -0.2) is 65.6 Å². The molecule has 2 amide bonds. The van der Waals surface area contributed by atoms with Gasteiger partial charge >= 0.3 is 11.9 Å². The predicted molar refractivity (Wildman–Crippen MR) is 87.0 cm³/mol. The van der Waals surface area contributed by atoms with E-state index in [1.807, 2.05) is 4.72 Å². The van der Waals surface area contributed by atoms with Crippen molar-refractivity contribution in [3.8, 4) is 0 Å². The number of benzene rings is 1. The number of rotatable bonds is 9. The van der Waals surface area contributed by atoms with E-state index in [1.165, 1.54) is 12.1 Å². The summed E-state index contributed by atoms with van der Waals surface area (Å²) in [6.07, 6.45) is -0.963. The van der Waals surface area contributed by atoms with Gasteiger partial charge in [-0.3, -0.25) is 24.1 Å². The highest BCUT2D eigenvalue weighted by atomic mass is 32.2. The Balaban J connectivity index is 2.02. The summed E-state index contributed by atoms with van der Waals surface area (Å²) in [7, 11) is -4.17. The Labute approximate surface area is 148 Å². The summed E-state index contributed by atoms with van der Waals surface area (Å²) < 4.78 is 26.0. The molecule has 0 unspecified atom stereocenters. The lowest BCUT2D eigenvalue weighted by Crippen LogP contribution is -2.44. The van der Waals surface area contributed by atoms with Crippen LogP contribution in [0.15, 0.2) is 24.3 Å². The van der Waals surface area contributed by atoms with Gasteiger partial charge in [-0.05, 0) is 18.6 Å². The summed E-state index contributed by atoms with van der Waals surface area (Å²) >= 11 is 0. The van der Waals surface area contributed by atoms with Gasteiger partial charge in [-0.25, -0.2) is 13.1 Å². The Kier molecular flexibility index (Phi) is 5.73. The van der Waals surface area contributed by atoms with E-state index in [9.17, 15) is 27.6 Å². The molecule has 0 radical (unpaired) electrons. The molecular weight excluding hydrogens is 368 g/mol. The fourth-order valence-electron chi connectivity index (χ4n) is 2.43. The van der Waals surface area contributed by atoms with Crippen molar-refractivity contribution in [2.75, 3.05) is 12.3 Å². The molecule has 3 N–H and O–H groups in total. The average Bonchev–Trinajstić information content (AvgIpc) is 2.81. The zero-order chi connectivity index (χ0) is 19.5. The number of carbonyl (C=O) groups excluding carboxylic acids is 2. The van der Waals surface area contributed by atoms with E-state index < -0.39 is 65.0 Å². The minimum absolute atomic E-state index is 0.174. The molecule has 140 valence electrons. The number of hydrogen-bond donors (Lipinski definition) is 3. The third-order valence-corrected chi connectivity index (χ3v) is 5.09. The van der Waals surface area contributed by atoms with Crippen molar-refractivity contribution in [2.24, 2.45) is 0 Å². The number of nitrogens with zero attached hydrogens (tertiary/aromatic N) is 1. The molecule has 0 saturated carbocycles. The standard InChI is InChI=1S/C15H16N2O8S/c18-12(19)6-5-11(15(22)23)16-26(24,25)8-7-17-13(20)9-3-1-2-4-10(9)14(17)21/h1-4,11,16H,5-8H2,(H,18,19)(H,22,23)/t11-/m1/s1. The van der Waals surface area contributed by atoms with Crippen LogP contribution in [0.3, 0.4) is 0 Å². The first-order valence-corrected chi connectivity index (χ1v) is 9.17. The smallest absolute Gasteiger partial charge is 0.321 e. The minimum Gasteiger partial charge on any atom is -0.481 e. The highest BCUT2D eigenvalue weighted by Gasteiger charge is 2.36. The van der Waals surface area contributed by atoms with E-state index in [0.29, 0.717) is 0 Å². The van der Waals surface area contributed by atoms with Gasteiger partial charge in [0.2, 0.25) is 10.0 Å². The fourth-order valence-corrected chi connectivity index (χ4v) is 3.62. The van der Waals surface area contributed by atoms with Gasteiger partial charge in [-0.2, -0.15) is 0 Å². The number of carboxylic acid groups (broad SMARTS) is 2. The molecule has 10 nitrogen and oxygen atoms in total. The highest BCUT2D eigenvalue weighted by molar-refractivity contribution is 7.89. The van der Waals surface area contributed by atoms with E-state index in [1.54, 1.807) is 12.1 Å². The molecule has 1 heterocycles. The second-order valence-electron chi connectivity index (χ2n) is 5.57. The van der Waals surface area contributed by atoms with Crippen LogP contribution in [0, 0.1) is 0 Å². The normalized spacial score (nSPS) is 15.0. The van der Waals surface area contributed by atoms with E-state index in [-0.39, 0.29) is 11.1 Å². The zero-order valence-corrected chi connectivity index (χ0v) is 14.2. The first kappa shape index (κ1) is 19.5. The molecule has 0 aromatic heterocycles. The van der Waals surface area contributed by atoms with Crippen LogP contribution in [-0.2, 0) is 19.6 Å². The zero-order valence-electron chi connectivity index (χ0n) is 13.4. The van der Waals surface area contributed by atoms with Crippen molar-refractivity contribution < 1.29 is 37.8 Å². The van der Waals surface area contributed by atoms with Gasteiger partial charge in [0.1, 0.15) is 6.04 Å². The summed E-state index contributed by atoms with van der Waals surface area (Å²) in [6.45, 7) is -0.451. The summed E-state index contributed by atoms with van der Waals surface area (Å²) in [6, 6.07) is 4.44. The Hall–Kier alpha value is -2.79. The van der Waals surface area contributed by atoms with Gasteiger partial charge in [0.15, 0.2) is 0 Å². The summed E-state index contributed by atoms with van der Waals surface area (Å²) in [5.41, 5.74) is 0.348. The SMILES string of the molecule is O=C(O)CC[C@@H](NS(=O)(=O)CCN1C(=O)c2ccccc2C1=O)C(=O)O. The molecule has 0 bridgehead atoms. The van der Waals surface area contributed by atoms with Crippen molar-refractivity contribution in [1.82, 2.24) is 9.62 Å². The van der Waals surface area contributed by atoms with Gasteiger partial charge in [0, 0.05) is 13.0 Å². The number of fused-ring (bicyclic) bond motifs is 1. The largest absolute Gasteiger partial charge is 0.481 e. The Bertz CT molecular complexity index is 829. The number of sulfonamides is 1. The van der Waals surface area contributed by atoms with Gasteiger partial charge in [0.05, 0.1) is 16.9 Å². The van der Waals surface area contributed by atoms with Crippen LogP contribution in [0.2, 0.25) is 0 Å². The number of aliphatic carboxylic acids is 2. The van der Waals surface area contributed by atoms with Gasteiger partial charge in [0.25, 0.3) is 11.8 Å². The van der Waals surface area contributed by atoms with E-state index >= 15 is 0 Å².